The standard InChI is InChI=1S/C9H6BrFO4/c10-5-1-4(2-6(11)8(5)13)3-7(12)9(14)15/h1-2,13H,3H2,(H,14,15). The number of carboxylic acid groups (broad SMARTS) is 1. The van der Waals surface area contributed by atoms with Gasteiger partial charge in [-0.1, -0.05) is 0 Å². The number of phenolic OH excluding ortho intramolecular Hbond substituents is 1. The number of aliphatic carboxylic acids is 1. The number of carboxylic acids is 1. The van der Waals surface area contributed by atoms with Crippen molar-refractivity contribution in [3.05, 3.63) is 28.0 Å². The van der Waals surface area contributed by atoms with E-state index in [0.717, 1.165) is 6.07 Å². The molecule has 0 saturated carbocycles. The zero-order valence-electron chi connectivity index (χ0n) is 7.33. The van der Waals surface area contributed by atoms with Crippen molar-refractivity contribution < 1.29 is 24.2 Å². The van der Waals surface area contributed by atoms with Crippen LogP contribution in [0.4, 0.5) is 4.39 Å². The van der Waals surface area contributed by atoms with E-state index in [1.807, 2.05) is 0 Å². The normalized spacial score (nSPS) is 10.0. The van der Waals surface area contributed by atoms with Crippen LogP contribution in [0.25, 0.3) is 0 Å². The van der Waals surface area contributed by atoms with Gasteiger partial charge in [0, 0.05) is 6.42 Å². The van der Waals surface area contributed by atoms with E-state index in [2.05, 4.69) is 15.9 Å². The molecule has 0 spiro atoms. The van der Waals surface area contributed by atoms with Crippen molar-refractivity contribution in [2.45, 2.75) is 6.42 Å². The fraction of sp³-hybridized carbons (Fsp3) is 0.111. The van der Waals surface area contributed by atoms with E-state index in [1.165, 1.54) is 6.07 Å². The molecule has 1 aromatic carbocycles. The lowest BCUT2D eigenvalue weighted by molar-refractivity contribution is -0.148. The van der Waals surface area contributed by atoms with Crippen molar-refractivity contribution in [3.63, 3.8) is 0 Å². The maximum absolute atomic E-state index is 13.0. The van der Waals surface area contributed by atoms with Crippen LogP contribution < -0.4 is 0 Å². The molecular weight excluding hydrogens is 271 g/mol. The van der Waals surface area contributed by atoms with E-state index < -0.39 is 29.7 Å². The molecule has 0 bridgehead atoms. The van der Waals surface area contributed by atoms with Gasteiger partial charge >= 0.3 is 5.97 Å². The van der Waals surface area contributed by atoms with Crippen LogP contribution >= 0.6 is 15.9 Å². The van der Waals surface area contributed by atoms with Gasteiger partial charge in [0.05, 0.1) is 4.47 Å². The Morgan fingerprint density at radius 2 is 2.00 bits per heavy atom. The van der Waals surface area contributed by atoms with Gasteiger partial charge in [-0.2, -0.15) is 0 Å². The predicted molar refractivity (Wildman–Crippen MR) is 52.1 cm³/mol. The molecule has 0 saturated heterocycles. The first-order valence-corrected chi connectivity index (χ1v) is 4.64. The van der Waals surface area contributed by atoms with Gasteiger partial charge in [-0.25, -0.2) is 9.18 Å². The summed E-state index contributed by atoms with van der Waals surface area (Å²) in [5.41, 5.74) is 0.185. The second kappa shape index (κ2) is 4.39. The zero-order valence-corrected chi connectivity index (χ0v) is 8.91. The van der Waals surface area contributed by atoms with Crippen molar-refractivity contribution in [2.24, 2.45) is 0 Å². The molecule has 6 heteroatoms. The van der Waals surface area contributed by atoms with Gasteiger partial charge in [0.15, 0.2) is 11.6 Å². The quantitative estimate of drug-likeness (QED) is 0.821. The van der Waals surface area contributed by atoms with Crippen molar-refractivity contribution in [3.8, 4) is 5.75 Å². The molecule has 0 fully saturated rings. The van der Waals surface area contributed by atoms with Gasteiger partial charge < -0.3 is 10.2 Å². The Hall–Kier alpha value is -1.43. The fourth-order valence-corrected chi connectivity index (χ4v) is 1.46. The summed E-state index contributed by atoms with van der Waals surface area (Å²) in [6, 6.07) is 2.21. The van der Waals surface area contributed by atoms with E-state index in [1.54, 1.807) is 0 Å². The van der Waals surface area contributed by atoms with Gasteiger partial charge in [-0.15, -0.1) is 0 Å². The van der Waals surface area contributed by atoms with Crippen LogP contribution in [0.5, 0.6) is 5.75 Å². The van der Waals surface area contributed by atoms with Crippen LogP contribution in [0.1, 0.15) is 5.56 Å². The Bertz CT molecular complexity index is 407. The molecule has 4 nitrogen and oxygen atoms in total. The molecule has 0 unspecified atom stereocenters. The van der Waals surface area contributed by atoms with Crippen LogP contribution in [0, 0.1) is 5.82 Å². The number of hydrogen-bond acceptors (Lipinski definition) is 3. The molecule has 0 aliphatic heterocycles. The molecule has 0 radical (unpaired) electrons. The summed E-state index contributed by atoms with van der Waals surface area (Å²) in [5.74, 6) is -4.08. The Morgan fingerprint density at radius 1 is 1.40 bits per heavy atom. The van der Waals surface area contributed by atoms with Crippen LogP contribution in [-0.4, -0.2) is 22.0 Å². The van der Waals surface area contributed by atoms with E-state index in [9.17, 15) is 14.0 Å². The Morgan fingerprint density at radius 3 is 2.47 bits per heavy atom. The molecule has 80 valence electrons. The third-order valence-corrected chi connectivity index (χ3v) is 2.28. The Labute approximate surface area is 92.5 Å². The zero-order chi connectivity index (χ0) is 11.6. The lowest BCUT2D eigenvalue weighted by Crippen LogP contribution is -2.15. The molecule has 15 heavy (non-hydrogen) atoms. The highest BCUT2D eigenvalue weighted by Gasteiger charge is 2.15. The number of hydrogen-bond donors (Lipinski definition) is 2. The molecule has 0 atom stereocenters. The third-order valence-electron chi connectivity index (χ3n) is 1.68. The summed E-state index contributed by atoms with van der Waals surface area (Å²) in [6.07, 6.45) is -0.412. The molecule has 0 heterocycles. The van der Waals surface area contributed by atoms with Gasteiger partial charge in [0.1, 0.15) is 0 Å². The summed E-state index contributed by atoms with van der Waals surface area (Å²) >= 11 is 2.88. The van der Waals surface area contributed by atoms with Gasteiger partial charge in [-0.3, -0.25) is 4.79 Å². The predicted octanol–water partition coefficient (Wildman–Crippen LogP) is 1.49. The molecule has 1 aromatic rings. The smallest absolute Gasteiger partial charge is 0.372 e. The minimum atomic E-state index is -1.57. The third kappa shape index (κ3) is 2.76. The number of benzene rings is 1. The maximum Gasteiger partial charge on any atom is 0.372 e. The van der Waals surface area contributed by atoms with Gasteiger partial charge in [0.2, 0.25) is 5.78 Å². The van der Waals surface area contributed by atoms with Crippen molar-refractivity contribution in [1.29, 1.82) is 0 Å². The maximum atomic E-state index is 13.0. The van der Waals surface area contributed by atoms with Gasteiger partial charge in [0.25, 0.3) is 0 Å². The highest BCUT2D eigenvalue weighted by atomic mass is 79.9. The molecule has 2 N–H and O–H groups in total. The first-order valence-electron chi connectivity index (χ1n) is 3.85. The van der Waals surface area contributed by atoms with Crippen molar-refractivity contribution >= 4 is 27.7 Å². The number of aromatic hydroxyl groups is 1. The van der Waals surface area contributed by atoms with Crippen LogP contribution in [0.2, 0.25) is 0 Å². The first kappa shape index (κ1) is 11.6. The number of ketones is 1. The lowest BCUT2D eigenvalue weighted by Gasteiger charge is -2.02. The highest BCUT2D eigenvalue weighted by Crippen LogP contribution is 2.28. The minimum absolute atomic E-state index is 0.0793. The van der Waals surface area contributed by atoms with E-state index in [0.29, 0.717) is 0 Å². The number of Topliss-reactive ketones (excluding diaryl/α,β-unsaturated/α-hetero) is 1. The number of halogens is 2. The number of rotatable bonds is 3. The number of carbonyl (C=O) groups is 2. The van der Waals surface area contributed by atoms with E-state index in [4.69, 9.17) is 10.2 Å². The van der Waals surface area contributed by atoms with Crippen LogP contribution in [-0.2, 0) is 16.0 Å². The van der Waals surface area contributed by atoms with Crippen LogP contribution in [0.15, 0.2) is 16.6 Å². The summed E-state index contributed by atoms with van der Waals surface area (Å²) in [5, 5.41) is 17.4. The molecule has 0 amide bonds. The average molecular weight is 277 g/mol. The van der Waals surface area contributed by atoms with E-state index in [-0.39, 0.29) is 10.0 Å². The topological polar surface area (TPSA) is 74.6 Å². The summed E-state index contributed by atoms with van der Waals surface area (Å²) in [4.78, 5) is 21.1. The SMILES string of the molecule is O=C(O)C(=O)Cc1cc(F)c(O)c(Br)c1. The lowest BCUT2D eigenvalue weighted by atomic mass is 10.1. The molecule has 0 aliphatic carbocycles. The average Bonchev–Trinajstić information content (AvgIpc) is 2.13. The Balaban J connectivity index is 2.98. The van der Waals surface area contributed by atoms with Crippen molar-refractivity contribution in [2.75, 3.05) is 0 Å². The summed E-state index contributed by atoms with van der Waals surface area (Å²) in [7, 11) is 0. The van der Waals surface area contributed by atoms with Crippen LogP contribution in [0.3, 0.4) is 0 Å². The van der Waals surface area contributed by atoms with Gasteiger partial charge in [-0.05, 0) is 33.6 Å². The monoisotopic (exact) mass is 276 g/mol. The first-order chi connectivity index (χ1) is 6.91. The molecule has 0 aliphatic rings. The number of carbonyl (C=O) groups excluding carboxylic acids is 1. The summed E-state index contributed by atoms with van der Waals surface area (Å²) < 4.78 is 13.0. The summed E-state index contributed by atoms with van der Waals surface area (Å²) in [6.45, 7) is 0. The van der Waals surface area contributed by atoms with E-state index >= 15 is 0 Å². The Kier molecular flexibility index (Phi) is 3.41. The highest BCUT2D eigenvalue weighted by molar-refractivity contribution is 9.10. The second-order valence-electron chi connectivity index (χ2n) is 2.81. The molecule has 0 aromatic heterocycles. The second-order valence-corrected chi connectivity index (χ2v) is 3.67. The molecule has 1 rings (SSSR count). The number of phenols is 1. The fourth-order valence-electron chi connectivity index (χ4n) is 0.981. The minimum Gasteiger partial charge on any atom is -0.504 e. The van der Waals surface area contributed by atoms with Crippen molar-refractivity contribution in [1.82, 2.24) is 0 Å². The molecular formula is C9H6BrFO4. The largest absolute Gasteiger partial charge is 0.504 e.